The molecule has 1 atom stereocenters. The zero-order valence-electron chi connectivity index (χ0n) is 8.75. The van der Waals surface area contributed by atoms with Gasteiger partial charge in [-0.1, -0.05) is 13.0 Å². The lowest BCUT2D eigenvalue weighted by molar-refractivity contribution is -0.141. The molecule has 1 heterocycles. The Kier molecular flexibility index (Phi) is 3.54. The maximum Gasteiger partial charge on any atom is 0.433 e. The van der Waals surface area contributed by atoms with E-state index >= 15 is 0 Å². The van der Waals surface area contributed by atoms with Gasteiger partial charge in [-0.15, -0.1) is 0 Å². The first kappa shape index (κ1) is 12.9. The molecule has 1 rings (SSSR count). The molecule has 3 nitrogen and oxygen atoms in total. The third kappa shape index (κ3) is 2.51. The van der Waals surface area contributed by atoms with Crippen LogP contribution in [0.3, 0.4) is 0 Å². The summed E-state index contributed by atoms with van der Waals surface area (Å²) in [6.07, 6.45) is -3.34. The monoisotopic (exact) mass is 234 g/mol. The van der Waals surface area contributed by atoms with Crippen molar-refractivity contribution in [1.29, 1.82) is 0 Å². The van der Waals surface area contributed by atoms with Crippen LogP contribution < -0.4 is 5.73 Å². The Morgan fingerprint density at radius 3 is 2.31 bits per heavy atom. The van der Waals surface area contributed by atoms with E-state index in [0.717, 1.165) is 12.3 Å². The molecule has 3 N–H and O–H groups in total. The maximum absolute atomic E-state index is 12.2. The van der Waals surface area contributed by atoms with E-state index in [1.807, 2.05) is 0 Å². The maximum atomic E-state index is 12.2. The molecule has 1 aromatic heterocycles. The number of hydrogen-bond acceptors (Lipinski definition) is 3. The summed E-state index contributed by atoms with van der Waals surface area (Å²) >= 11 is 0. The van der Waals surface area contributed by atoms with E-state index in [1.54, 1.807) is 6.92 Å². The van der Waals surface area contributed by atoms with Crippen molar-refractivity contribution in [2.75, 3.05) is 13.2 Å². The Morgan fingerprint density at radius 1 is 1.38 bits per heavy atom. The molecule has 90 valence electrons. The van der Waals surface area contributed by atoms with E-state index in [0.29, 0.717) is 5.56 Å². The van der Waals surface area contributed by atoms with Gasteiger partial charge in [-0.2, -0.15) is 13.2 Å². The molecular weight excluding hydrogens is 221 g/mol. The molecule has 0 aromatic carbocycles. The van der Waals surface area contributed by atoms with Crippen molar-refractivity contribution in [2.45, 2.75) is 18.5 Å². The van der Waals surface area contributed by atoms with Gasteiger partial charge in [-0.25, -0.2) is 0 Å². The average Bonchev–Trinajstić information content (AvgIpc) is 2.27. The number of aliphatic hydroxyl groups is 1. The summed E-state index contributed by atoms with van der Waals surface area (Å²) < 4.78 is 36.7. The molecule has 0 spiro atoms. The molecule has 16 heavy (non-hydrogen) atoms. The lowest BCUT2D eigenvalue weighted by atomic mass is 9.84. The Balaban J connectivity index is 3.04. The molecule has 1 aromatic rings. The summed E-state index contributed by atoms with van der Waals surface area (Å²) in [5, 5.41) is 9.14. The fraction of sp³-hybridized carbons (Fsp3) is 0.500. The number of aromatic nitrogens is 1. The minimum atomic E-state index is -4.45. The highest BCUT2D eigenvalue weighted by atomic mass is 19.4. The van der Waals surface area contributed by atoms with Crippen molar-refractivity contribution in [3.05, 3.63) is 29.6 Å². The quantitative estimate of drug-likeness (QED) is 0.829. The summed E-state index contributed by atoms with van der Waals surface area (Å²) in [6, 6.07) is 2.18. The average molecular weight is 234 g/mol. The fourth-order valence-corrected chi connectivity index (χ4v) is 1.19. The Bertz CT molecular complexity index is 344. The van der Waals surface area contributed by atoms with Crippen LogP contribution >= 0.6 is 0 Å². The van der Waals surface area contributed by atoms with E-state index in [9.17, 15) is 13.2 Å². The van der Waals surface area contributed by atoms with Gasteiger partial charge in [0.25, 0.3) is 0 Å². The van der Waals surface area contributed by atoms with Gasteiger partial charge < -0.3 is 10.8 Å². The van der Waals surface area contributed by atoms with Crippen LogP contribution in [0.5, 0.6) is 0 Å². The van der Waals surface area contributed by atoms with Crippen molar-refractivity contribution < 1.29 is 18.3 Å². The second kappa shape index (κ2) is 4.39. The Hall–Kier alpha value is -1.14. The predicted octanol–water partition coefficient (Wildman–Crippen LogP) is 1.31. The number of aliphatic hydroxyl groups excluding tert-OH is 1. The summed E-state index contributed by atoms with van der Waals surface area (Å²) in [6.45, 7) is 1.56. The Labute approximate surface area is 91.1 Å². The third-order valence-electron chi connectivity index (χ3n) is 2.55. The summed E-state index contributed by atoms with van der Waals surface area (Å²) in [7, 11) is 0. The molecule has 0 fully saturated rings. The number of pyridine rings is 1. The first-order valence-electron chi connectivity index (χ1n) is 4.68. The smallest absolute Gasteiger partial charge is 0.395 e. The van der Waals surface area contributed by atoms with Crippen LogP contribution in [0, 0.1) is 0 Å². The molecule has 6 heteroatoms. The zero-order valence-corrected chi connectivity index (χ0v) is 8.75. The number of hydrogen-bond donors (Lipinski definition) is 2. The highest BCUT2D eigenvalue weighted by Crippen LogP contribution is 2.29. The van der Waals surface area contributed by atoms with E-state index in [-0.39, 0.29) is 13.2 Å². The van der Waals surface area contributed by atoms with Crippen LogP contribution in [0.15, 0.2) is 18.3 Å². The lowest BCUT2D eigenvalue weighted by Crippen LogP contribution is -2.35. The first-order chi connectivity index (χ1) is 7.33. The number of rotatable bonds is 3. The van der Waals surface area contributed by atoms with Crippen molar-refractivity contribution >= 4 is 0 Å². The standard InChI is InChI=1S/C10H13F3N2O/c1-9(5-14,6-16)7-2-3-8(15-4-7)10(11,12)13/h2-4,16H,5-6,14H2,1H3. The summed E-state index contributed by atoms with van der Waals surface area (Å²) in [5.74, 6) is 0. The van der Waals surface area contributed by atoms with Crippen LogP contribution in [0.2, 0.25) is 0 Å². The molecule has 0 bridgehead atoms. The van der Waals surface area contributed by atoms with Gasteiger partial charge >= 0.3 is 6.18 Å². The first-order valence-corrected chi connectivity index (χ1v) is 4.68. The second-order valence-electron chi connectivity index (χ2n) is 3.85. The SMILES string of the molecule is CC(CN)(CO)c1ccc(C(F)(F)F)nc1. The zero-order chi connectivity index (χ0) is 12.4. The van der Waals surface area contributed by atoms with Gasteiger partial charge in [0.15, 0.2) is 0 Å². The number of halogens is 3. The minimum Gasteiger partial charge on any atom is -0.395 e. The minimum absolute atomic E-state index is 0.135. The van der Waals surface area contributed by atoms with Gasteiger partial charge in [0.05, 0.1) is 6.61 Å². The van der Waals surface area contributed by atoms with Gasteiger partial charge in [-0.05, 0) is 11.6 Å². The van der Waals surface area contributed by atoms with Crippen LogP contribution in [-0.4, -0.2) is 23.2 Å². The van der Waals surface area contributed by atoms with Crippen LogP contribution in [0.25, 0.3) is 0 Å². The number of nitrogens with two attached hydrogens (primary N) is 1. The molecule has 0 saturated heterocycles. The lowest BCUT2D eigenvalue weighted by Gasteiger charge is -2.25. The van der Waals surface area contributed by atoms with E-state index in [4.69, 9.17) is 10.8 Å². The van der Waals surface area contributed by atoms with Crippen molar-refractivity contribution in [1.82, 2.24) is 4.98 Å². The molecule has 0 aliphatic carbocycles. The number of alkyl halides is 3. The number of nitrogens with zero attached hydrogens (tertiary/aromatic N) is 1. The largest absolute Gasteiger partial charge is 0.433 e. The Morgan fingerprint density at radius 2 is 2.00 bits per heavy atom. The van der Waals surface area contributed by atoms with Crippen molar-refractivity contribution in [2.24, 2.45) is 5.73 Å². The van der Waals surface area contributed by atoms with E-state index < -0.39 is 17.3 Å². The predicted molar refractivity (Wildman–Crippen MR) is 52.7 cm³/mol. The fourth-order valence-electron chi connectivity index (χ4n) is 1.19. The van der Waals surface area contributed by atoms with Gasteiger partial charge in [0.1, 0.15) is 5.69 Å². The molecule has 0 radical (unpaired) electrons. The third-order valence-corrected chi connectivity index (χ3v) is 2.55. The molecular formula is C10H13F3N2O. The molecule has 0 saturated carbocycles. The molecule has 0 aliphatic heterocycles. The van der Waals surface area contributed by atoms with E-state index in [2.05, 4.69) is 4.98 Å². The van der Waals surface area contributed by atoms with Crippen molar-refractivity contribution in [3.63, 3.8) is 0 Å². The van der Waals surface area contributed by atoms with Crippen LogP contribution in [0.4, 0.5) is 13.2 Å². The normalized spacial score (nSPS) is 15.9. The molecule has 1 unspecified atom stereocenters. The van der Waals surface area contributed by atoms with Gasteiger partial charge in [0, 0.05) is 18.2 Å². The summed E-state index contributed by atoms with van der Waals surface area (Å²) in [5.41, 5.74) is 4.25. The highest BCUT2D eigenvalue weighted by molar-refractivity contribution is 5.24. The van der Waals surface area contributed by atoms with Gasteiger partial charge in [-0.3, -0.25) is 4.98 Å². The van der Waals surface area contributed by atoms with Crippen LogP contribution in [-0.2, 0) is 11.6 Å². The summed E-state index contributed by atoms with van der Waals surface area (Å²) in [4.78, 5) is 3.32. The van der Waals surface area contributed by atoms with Gasteiger partial charge in [0.2, 0.25) is 0 Å². The van der Waals surface area contributed by atoms with Crippen LogP contribution in [0.1, 0.15) is 18.2 Å². The highest BCUT2D eigenvalue weighted by Gasteiger charge is 2.33. The molecule has 0 amide bonds. The molecule has 0 aliphatic rings. The topological polar surface area (TPSA) is 59.1 Å². The second-order valence-corrected chi connectivity index (χ2v) is 3.85. The van der Waals surface area contributed by atoms with Crippen molar-refractivity contribution in [3.8, 4) is 0 Å². The van der Waals surface area contributed by atoms with E-state index in [1.165, 1.54) is 6.07 Å².